The Morgan fingerprint density at radius 1 is 1.00 bits per heavy atom. The van der Waals surface area contributed by atoms with E-state index in [0.29, 0.717) is 25.8 Å². The molecule has 6 atom stereocenters. The molecule has 1 aromatic carbocycles. The monoisotopic (exact) mass is 547 g/mol. The minimum atomic E-state index is -1.28. The van der Waals surface area contributed by atoms with Gasteiger partial charge in [0, 0.05) is 19.6 Å². The molecule has 5 amide bonds. The largest absolute Gasteiger partial charge is 0.445 e. The Labute approximate surface area is 226 Å². The molecule has 2 aliphatic heterocycles. The molecular weight excluding hydrogens is 510 g/mol. The second-order valence-electron chi connectivity index (χ2n) is 10.0. The number of amides is 5. The van der Waals surface area contributed by atoms with E-state index in [1.165, 1.54) is 23.6 Å². The summed E-state index contributed by atoms with van der Waals surface area (Å²) in [6, 6.07) is 5.62. The number of aliphatic hydroxyl groups excluding tert-OH is 2. The summed E-state index contributed by atoms with van der Waals surface area (Å²) < 4.78 is 5.16. The number of carbonyl (C=O) groups is 5. The van der Waals surface area contributed by atoms with Crippen molar-refractivity contribution in [3.05, 3.63) is 35.9 Å². The summed E-state index contributed by atoms with van der Waals surface area (Å²) in [4.78, 5) is 66.0. The molecule has 39 heavy (non-hydrogen) atoms. The Morgan fingerprint density at radius 3 is 2.28 bits per heavy atom. The average molecular weight is 548 g/mol. The maximum Gasteiger partial charge on any atom is 0.408 e. The highest BCUT2D eigenvalue weighted by atomic mass is 16.5. The fourth-order valence-corrected chi connectivity index (χ4v) is 4.86. The van der Waals surface area contributed by atoms with Gasteiger partial charge in [-0.2, -0.15) is 0 Å². The molecule has 13 heteroatoms. The van der Waals surface area contributed by atoms with Crippen molar-refractivity contribution >= 4 is 29.7 Å². The van der Waals surface area contributed by atoms with Gasteiger partial charge in [0.05, 0.1) is 18.1 Å². The number of benzene rings is 1. The van der Waals surface area contributed by atoms with Crippen molar-refractivity contribution in [2.45, 2.75) is 70.1 Å². The Kier molecular flexibility index (Phi) is 10.2. The second-order valence-corrected chi connectivity index (χ2v) is 10.0. The molecule has 2 aliphatic rings. The van der Waals surface area contributed by atoms with Crippen LogP contribution in [0.1, 0.15) is 38.7 Å². The van der Waals surface area contributed by atoms with Gasteiger partial charge >= 0.3 is 6.09 Å². The number of primary amides is 1. The van der Waals surface area contributed by atoms with E-state index >= 15 is 0 Å². The van der Waals surface area contributed by atoms with Crippen LogP contribution < -0.4 is 16.4 Å². The van der Waals surface area contributed by atoms with Gasteiger partial charge in [0.15, 0.2) is 0 Å². The van der Waals surface area contributed by atoms with E-state index in [1.54, 1.807) is 24.3 Å². The molecule has 0 saturated carbocycles. The molecule has 6 N–H and O–H groups in total. The first kappa shape index (κ1) is 29.8. The third kappa shape index (κ3) is 7.67. The molecule has 2 fully saturated rings. The number of hydrogen-bond donors (Lipinski definition) is 5. The number of nitrogens with one attached hydrogen (secondary N) is 2. The summed E-state index contributed by atoms with van der Waals surface area (Å²) in [6.45, 7) is 3.33. The van der Waals surface area contributed by atoms with Gasteiger partial charge in [-0.05, 0) is 38.7 Å². The Balaban J connectivity index is 1.57. The summed E-state index contributed by atoms with van der Waals surface area (Å²) >= 11 is 0. The van der Waals surface area contributed by atoms with Crippen molar-refractivity contribution in [2.24, 2.45) is 11.7 Å². The number of hydrogen-bond acceptors (Lipinski definition) is 8. The maximum atomic E-state index is 13.3. The zero-order chi connectivity index (χ0) is 28.7. The first-order chi connectivity index (χ1) is 18.5. The van der Waals surface area contributed by atoms with Crippen LogP contribution in [0.5, 0.6) is 0 Å². The fourth-order valence-electron chi connectivity index (χ4n) is 4.86. The van der Waals surface area contributed by atoms with Gasteiger partial charge in [0.2, 0.25) is 23.6 Å². The number of likely N-dealkylation sites (tertiary alicyclic amines) is 2. The summed E-state index contributed by atoms with van der Waals surface area (Å²) in [5.74, 6) is -2.90. The van der Waals surface area contributed by atoms with Crippen LogP contribution >= 0.6 is 0 Å². The second kappa shape index (κ2) is 13.4. The third-order valence-corrected chi connectivity index (χ3v) is 7.01. The lowest BCUT2D eigenvalue weighted by Crippen LogP contribution is -2.56. The van der Waals surface area contributed by atoms with Crippen molar-refractivity contribution < 1.29 is 38.9 Å². The molecule has 0 aliphatic carbocycles. The van der Waals surface area contributed by atoms with Crippen molar-refractivity contribution in [1.29, 1.82) is 0 Å². The highest BCUT2D eigenvalue weighted by Crippen LogP contribution is 2.26. The van der Waals surface area contributed by atoms with E-state index in [4.69, 9.17) is 10.5 Å². The topological polar surface area (TPSA) is 192 Å². The number of ether oxygens (including phenoxy) is 1. The highest BCUT2D eigenvalue weighted by Gasteiger charge is 2.42. The summed E-state index contributed by atoms with van der Waals surface area (Å²) in [5, 5.41) is 24.8. The highest BCUT2D eigenvalue weighted by molar-refractivity contribution is 5.93. The van der Waals surface area contributed by atoms with Gasteiger partial charge in [-0.1, -0.05) is 30.3 Å². The Hall–Kier alpha value is -3.71. The number of alkyl carbamates (subject to hydrolysis) is 1. The molecule has 0 aromatic heterocycles. The lowest BCUT2D eigenvalue weighted by Gasteiger charge is -2.29. The van der Waals surface area contributed by atoms with E-state index < -0.39 is 60.1 Å². The van der Waals surface area contributed by atoms with Gasteiger partial charge in [-0.3, -0.25) is 19.2 Å². The summed E-state index contributed by atoms with van der Waals surface area (Å²) in [7, 11) is 0. The lowest BCUT2D eigenvalue weighted by molar-refractivity contribution is -0.142. The predicted molar refractivity (Wildman–Crippen MR) is 137 cm³/mol. The summed E-state index contributed by atoms with van der Waals surface area (Å²) in [6.07, 6.45) is -1.96. The van der Waals surface area contributed by atoms with E-state index in [-0.39, 0.29) is 25.6 Å². The van der Waals surface area contributed by atoms with Gasteiger partial charge < -0.3 is 41.1 Å². The van der Waals surface area contributed by atoms with Crippen LogP contribution in [0.3, 0.4) is 0 Å². The number of nitrogens with zero attached hydrogens (tertiary/aromatic N) is 2. The van der Waals surface area contributed by atoms with Gasteiger partial charge in [0.1, 0.15) is 24.7 Å². The fraction of sp³-hybridized carbons (Fsp3) is 0.577. The zero-order valence-corrected chi connectivity index (χ0v) is 22.1. The van der Waals surface area contributed by atoms with Crippen LogP contribution in [0.4, 0.5) is 4.79 Å². The molecular formula is C26H37N5O8. The van der Waals surface area contributed by atoms with Crippen molar-refractivity contribution in [3.63, 3.8) is 0 Å². The lowest BCUT2D eigenvalue weighted by atomic mass is 10.1. The van der Waals surface area contributed by atoms with Crippen LogP contribution in [0.2, 0.25) is 0 Å². The molecule has 0 unspecified atom stereocenters. The quantitative estimate of drug-likeness (QED) is 0.242. The van der Waals surface area contributed by atoms with Crippen molar-refractivity contribution in [3.8, 4) is 0 Å². The minimum absolute atomic E-state index is 0.00430. The van der Waals surface area contributed by atoms with E-state index in [1.807, 2.05) is 6.07 Å². The van der Waals surface area contributed by atoms with E-state index in [9.17, 15) is 34.2 Å². The Bertz CT molecular complexity index is 1050. The summed E-state index contributed by atoms with van der Waals surface area (Å²) in [5.41, 5.74) is 6.02. The van der Waals surface area contributed by atoms with E-state index in [2.05, 4.69) is 10.6 Å². The molecule has 0 bridgehead atoms. The zero-order valence-electron chi connectivity index (χ0n) is 22.1. The molecule has 214 valence electrons. The predicted octanol–water partition coefficient (Wildman–Crippen LogP) is -1.15. The first-order valence-electron chi connectivity index (χ1n) is 13.0. The SMILES string of the molecule is C[C@@H](O)[C@H](NC(=O)[C@@H]1CCCN1C(=O)[C@H]1CCN(C(=O)[C@@H](NC(=O)OCc2ccccc2)[C@@H](C)O)C1)C(N)=O. The molecule has 1 aromatic rings. The van der Waals surface area contributed by atoms with Crippen molar-refractivity contribution in [1.82, 2.24) is 20.4 Å². The van der Waals surface area contributed by atoms with Crippen LogP contribution in [0.25, 0.3) is 0 Å². The first-order valence-corrected chi connectivity index (χ1v) is 13.0. The number of carbonyl (C=O) groups excluding carboxylic acids is 5. The van der Waals surface area contributed by atoms with Gasteiger partial charge in [-0.25, -0.2) is 4.79 Å². The molecule has 0 radical (unpaired) electrons. The number of rotatable bonds is 10. The van der Waals surface area contributed by atoms with Crippen LogP contribution in [0, 0.1) is 5.92 Å². The van der Waals surface area contributed by atoms with E-state index in [0.717, 1.165) is 5.56 Å². The smallest absolute Gasteiger partial charge is 0.408 e. The molecule has 13 nitrogen and oxygen atoms in total. The number of nitrogens with two attached hydrogens (primary N) is 1. The van der Waals surface area contributed by atoms with Crippen LogP contribution in [0.15, 0.2) is 30.3 Å². The molecule has 3 rings (SSSR count). The minimum Gasteiger partial charge on any atom is -0.445 e. The molecule has 2 saturated heterocycles. The molecule has 2 heterocycles. The van der Waals surface area contributed by atoms with Crippen LogP contribution in [-0.2, 0) is 30.5 Å². The number of aliphatic hydroxyl groups is 2. The normalized spacial score (nSPS) is 21.9. The van der Waals surface area contributed by atoms with Gasteiger partial charge in [0.25, 0.3) is 0 Å². The molecule has 0 spiro atoms. The average Bonchev–Trinajstić information content (AvgIpc) is 3.59. The maximum absolute atomic E-state index is 13.3. The third-order valence-electron chi connectivity index (χ3n) is 7.01. The van der Waals surface area contributed by atoms with Crippen molar-refractivity contribution in [2.75, 3.05) is 19.6 Å². The standard InChI is InChI=1S/C26H37N5O8/c1-15(32)20(22(27)34)28-23(35)19-9-6-11-31(19)24(36)18-10-12-30(13-18)25(37)21(16(2)33)29-26(38)39-14-17-7-4-3-5-8-17/h3-5,7-8,15-16,18-21,32-33H,6,9-14H2,1-2H3,(H2,27,34)(H,28,35)(H,29,38)/t15-,16-,18+,19+,20+,21+/m1/s1. The van der Waals surface area contributed by atoms with Gasteiger partial charge in [-0.15, -0.1) is 0 Å². The van der Waals surface area contributed by atoms with Crippen LogP contribution in [-0.4, -0.2) is 99.7 Å². The Morgan fingerprint density at radius 2 is 1.67 bits per heavy atom.